The van der Waals surface area contributed by atoms with E-state index in [0.717, 1.165) is 26.1 Å². The van der Waals surface area contributed by atoms with Gasteiger partial charge in [0.05, 0.1) is 19.4 Å². The normalized spacial score (nSPS) is 24.7. The first-order chi connectivity index (χ1) is 9.25. The average molecular weight is 265 g/mol. The lowest BCUT2D eigenvalue weighted by Crippen LogP contribution is -2.66. The van der Waals surface area contributed by atoms with Gasteiger partial charge < -0.3 is 18.8 Å². The zero-order valence-electron chi connectivity index (χ0n) is 11.1. The van der Waals surface area contributed by atoms with Gasteiger partial charge in [0, 0.05) is 20.3 Å². The Kier molecular flexibility index (Phi) is 3.33. The molecular weight excluding hydrogens is 246 g/mol. The van der Waals surface area contributed by atoms with Crippen molar-refractivity contribution in [2.75, 3.05) is 33.4 Å². The van der Waals surface area contributed by atoms with Crippen LogP contribution < -0.4 is 0 Å². The molecule has 2 fully saturated rings. The summed E-state index contributed by atoms with van der Waals surface area (Å²) in [6.45, 7) is 2.88. The monoisotopic (exact) mass is 265 g/mol. The molecule has 19 heavy (non-hydrogen) atoms. The van der Waals surface area contributed by atoms with Gasteiger partial charge in [-0.15, -0.1) is 0 Å². The van der Waals surface area contributed by atoms with Gasteiger partial charge >= 0.3 is 0 Å². The maximum absolute atomic E-state index is 12.1. The fourth-order valence-corrected chi connectivity index (χ4v) is 3.10. The Morgan fingerprint density at radius 3 is 3.11 bits per heavy atom. The van der Waals surface area contributed by atoms with Gasteiger partial charge in [0.1, 0.15) is 5.60 Å². The number of carbonyl (C=O) groups is 1. The number of furan rings is 1. The van der Waals surface area contributed by atoms with Crippen LogP contribution in [0.4, 0.5) is 0 Å². The minimum atomic E-state index is -0.138. The van der Waals surface area contributed by atoms with Crippen molar-refractivity contribution >= 4 is 5.91 Å². The van der Waals surface area contributed by atoms with E-state index in [2.05, 4.69) is 0 Å². The molecule has 5 nitrogen and oxygen atoms in total. The van der Waals surface area contributed by atoms with Crippen LogP contribution in [-0.2, 0) is 9.47 Å². The summed E-state index contributed by atoms with van der Waals surface area (Å²) < 4.78 is 16.2. The van der Waals surface area contributed by atoms with Crippen LogP contribution in [0, 0.1) is 5.92 Å². The number of likely N-dealkylation sites (tertiary alicyclic amines) is 1. The van der Waals surface area contributed by atoms with Gasteiger partial charge in [-0.05, 0) is 30.9 Å². The first-order valence-electron chi connectivity index (χ1n) is 6.71. The molecule has 104 valence electrons. The number of nitrogens with zero attached hydrogens (tertiary/aromatic N) is 1. The van der Waals surface area contributed by atoms with E-state index in [1.54, 1.807) is 24.1 Å². The predicted octanol–water partition coefficient (Wildman–Crippen LogP) is 1.55. The molecule has 0 saturated carbocycles. The summed E-state index contributed by atoms with van der Waals surface area (Å²) in [7, 11) is 1.72. The number of ether oxygens (including phenoxy) is 2. The average Bonchev–Trinajstić information content (AvgIpc) is 3.02. The molecule has 1 aromatic rings. The lowest BCUT2D eigenvalue weighted by Gasteiger charge is -2.50. The second-order valence-corrected chi connectivity index (χ2v) is 5.32. The van der Waals surface area contributed by atoms with Crippen molar-refractivity contribution in [1.29, 1.82) is 0 Å². The molecule has 1 atom stereocenters. The summed E-state index contributed by atoms with van der Waals surface area (Å²) in [5.41, 5.74) is -0.138. The van der Waals surface area contributed by atoms with E-state index in [4.69, 9.17) is 13.9 Å². The Morgan fingerprint density at radius 2 is 2.42 bits per heavy atom. The summed E-state index contributed by atoms with van der Waals surface area (Å²) in [4.78, 5) is 13.9. The van der Waals surface area contributed by atoms with Crippen LogP contribution in [0.2, 0.25) is 0 Å². The highest BCUT2D eigenvalue weighted by Crippen LogP contribution is 2.42. The Labute approximate surface area is 112 Å². The minimum absolute atomic E-state index is 0.0448. The Bertz CT molecular complexity index is 436. The Hall–Kier alpha value is -1.33. The van der Waals surface area contributed by atoms with Crippen LogP contribution >= 0.6 is 0 Å². The van der Waals surface area contributed by atoms with Gasteiger partial charge in [0.25, 0.3) is 5.91 Å². The van der Waals surface area contributed by atoms with Gasteiger partial charge in [-0.25, -0.2) is 0 Å². The summed E-state index contributed by atoms with van der Waals surface area (Å²) in [5.74, 6) is 0.853. The van der Waals surface area contributed by atoms with E-state index < -0.39 is 0 Å². The number of amides is 1. The predicted molar refractivity (Wildman–Crippen MR) is 67.9 cm³/mol. The third-order valence-electron chi connectivity index (χ3n) is 4.21. The molecule has 0 aliphatic carbocycles. The van der Waals surface area contributed by atoms with Gasteiger partial charge in [0.2, 0.25) is 0 Å². The highest BCUT2D eigenvalue weighted by Gasteiger charge is 2.54. The van der Waals surface area contributed by atoms with Crippen LogP contribution in [0.3, 0.4) is 0 Å². The molecule has 0 radical (unpaired) electrons. The highest BCUT2D eigenvalue weighted by molar-refractivity contribution is 5.92. The zero-order chi connectivity index (χ0) is 13.3. The molecule has 2 saturated heterocycles. The minimum Gasteiger partial charge on any atom is -0.459 e. The van der Waals surface area contributed by atoms with E-state index in [1.165, 1.54) is 6.26 Å². The zero-order valence-corrected chi connectivity index (χ0v) is 11.1. The van der Waals surface area contributed by atoms with Crippen molar-refractivity contribution in [3.8, 4) is 0 Å². The molecule has 1 aromatic heterocycles. The lowest BCUT2D eigenvalue weighted by atomic mass is 9.79. The molecule has 0 N–H and O–H groups in total. The molecule has 1 unspecified atom stereocenters. The molecule has 1 amide bonds. The van der Waals surface area contributed by atoms with Gasteiger partial charge in [-0.1, -0.05) is 0 Å². The molecular formula is C14H19NO4. The standard InChI is InChI=1S/C14H19NO4/c1-17-7-4-11-5-8-19-14(11)9-15(10-14)13(16)12-3-2-6-18-12/h2-3,6,11H,4-5,7-10H2,1H3. The third-order valence-corrected chi connectivity index (χ3v) is 4.21. The maximum atomic E-state index is 12.1. The van der Waals surface area contributed by atoms with Crippen LogP contribution in [0.5, 0.6) is 0 Å². The molecule has 1 spiro atoms. The van der Waals surface area contributed by atoms with Gasteiger partial charge in [-0.2, -0.15) is 0 Å². The molecule has 0 bridgehead atoms. The number of rotatable bonds is 4. The van der Waals surface area contributed by atoms with Crippen LogP contribution in [0.1, 0.15) is 23.4 Å². The molecule has 3 heterocycles. The van der Waals surface area contributed by atoms with Crippen molar-refractivity contribution in [2.45, 2.75) is 18.4 Å². The van der Waals surface area contributed by atoms with Crippen LogP contribution in [-0.4, -0.2) is 49.8 Å². The fourth-order valence-electron chi connectivity index (χ4n) is 3.10. The summed E-state index contributed by atoms with van der Waals surface area (Å²) >= 11 is 0. The van der Waals surface area contributed by atoms with Gasteiger partial charge in [-0.3, -0.25) is 4.79 Å². The lowest BCUT2D eigenvalue weighted by molar-refractivity contribution is -0.120. The van der Waals surface area contributed by atoms with E-state index in [0.29, 0.717) is 24.8 Å². The Morgan fingerprint density at radius 1 is 1.58 bits per heavy atom. The van der Waals surface area contributed by atoms with Crippen LogP contribution in [0.25, 0.3) is 0 Å². The number of hydrogen-bond donors (Lipinski definition) is 0. The smallest absolute Gasteiger partial charge is 0.289 e. The van der Waals surface area contributed by atoms with Crippen molar-refractivity contribution < 1.29 is 18.7 Å². The van der Waals surface area contributed by atoms with Gasteiger partial charge in [0.15, 0.2) is 5.76 Å². The van der Waals surface area contributed by atoms with E-state index in [1.807, 2.05) is 0 Å². The van der Waals surface area contributed by atoms with Crippen molar-refractivity contribution in [1.82, 2.24) is 4.90 Å². The van der Waals surface area contributed by atoms with Crippen molar-refractivity contribution in [2.24, 2.45) is 5.92 Å². The first-order valence-corrected chi connectivity index (χ1v) is 6.71. The third kappa shape index (κ3) is 2.17. The van der Waals surface area contributed by atoms with E-state index in [9.17, 15) is 4.79 Å². The van der Waals surface area contributed by atoms with E-state index >= 15 is 0 Å². The topological polar surface area (TPSA) is 51.9 Å². The molecule has 3 rings (SSSR count). The van der Waals surface area contributed by atoms with Crippen molar-refractivity contribution in [3.05, 3.63) is 24.2 Å². The first kappa shape index (κ1) is 12.7. The fraction of sp³-hybridized carbons (Fsp3) is 0.643. The highest BCUT2D eigenvalue weighted by atomic mass is 16.5. The largest absolute Gasteiger partial charge is 0.459 e. The summed E-state index contributed by atoms with van der Waals surface area (Å²) in [6, 6.07) is 3.43. The molecule has 5 heteroatoms. The SMILES string of the molecule is COCCC1CCOC12CN(C(=O)c1ccco1)C2. The summed E-state index contributed by atoms with van der Waals surface area (Å²) in [5, 5.41) is 0. The number of carbonyl (C=O) groups excluding carboxylic acids is 1. The quantitative estimate of drug-likeness (QED) is 0.828. The Balaban J connectivity index is 1.60. The number of hydrogen-bond acceptors (Lipinski definition) is 4. The van der Waals surface area contributed by atoms with E-state index in [-0.39, 0.29) is 11.5 Å². The molecule has 0 aromatic carbocycles. The van der Waals surface area contributed by atoms with Crippen LogP contribution in [0.15, 0.2) is 22.8 Å². The van der Waals surface area contributed by atoms with Crippen molar-refractivity contribution in [3.63, 3.8) is 0 Å². The second kappa shape index (κ2) is 4.98. The number of methoxy groups -OCH3 is 1. The molecule has 2 aliphatic heterocycles. The summed E-state index contributed by atoms with van der Waals surface area (Å²) in [6.07, 6.45) is 3.58. The second-order valence-electron chi connectivity index (χ2n) is 5.32. The molecule has 2 aliphatic rings. The maximum Gasteiger partial charge on any atom is 0.289 e.